The normalized spacial score (nSPS) is 22.7. The molecule has 2 N–H and O–H groups in total. The lowest BCUT2D eigenvalue weighted by molar-refractivity contribution is -0.117. The third-order valence-electron chi connectivity index (χ3n) is 4.77. The van der Waals surface area contributed by atoms with Crippen LogP contribution in [0.25, 0.3) is 0 Å². The first-order valence-corrected chi connectivity index (χ1v) is 8.60. The lowest BCUT2D eigenvalue weighted by Gasteiger charge is -2.34. The van der Waals surface area contributed by atoms with Crippen LogP contribution < -0.4 is 10.6 Å². The molecule has 0 bridgehead atoms. The molecule has 1 aliphatic heterocycles. The standard InChI is InChI=1S/C16H16Cl2N4O2/c17-10-5-11(18)7-12(6-10)22-8-9(4-13(22)23)14-20-15(21-24-14)16(19)2-1-3-16/h5-7,9H,1-4,8,19H2. The lowest BCUT2D eigenvalue weighted by atomic mass is 9.77. The van der Waals surface area contributed by atoms with E-state index in [1.165, 1.54) is 0 Å². The van der Waals surface area contributed by atoms with Gasteiger partial charge in [-0.3, -0.25) is 4.79 Å². The van der Waals surface area contributed by atoms with Crippen molar-refractivity contribution >= 4 is 34.8 Å². The average molecular weight is 367 g/mol. The van der Waals surface area contributed by atoms with Crippen LogP contribution in [0.5, 0.6) is 0 Å². The summed E-state index contributed by atoms with van der Waals surface area (Å²) >= 11 is 12.1. The van der Waals surface area contributed by atoms with Gasteiger partial charge in [-0.2, -0.15) is 4.98 Å². The molecule has 1 saturated carbocycles. The number of carbonyl (C=O) groups is 1. The third-order valence-corrected chi connectivity index (χ3v) is 5.20. The number of benzene rings is 1. The second-order valence-electron chi connectivity index (χ2n) is 6.50. The summed E-state index contributed by atoms with van der Waals surface area (Å²) in [6.45, 7) is 0.453. The van der Waals surface area contributed by atoms with Crippen LogP contribution in [0.4, 0.5) is 5.69 Å². The van der Waals surface area contributed by atoms with Crippen LogP contribution in [0, 0.1) is 0 Å². The quantitative estimate of drug-likeness (QED) is 0.900. The van der Waals surface area contributed by atoms with Crippen molar-refractivity contribution in [2.75, 3.05) is 11.4 Å². The number of carbonyl (C=O) groups excluding carboxylic acids is 1. The Bertz CT molecular complexity index is 783. The molecule has 24 heavy (non-hydrogen) atoms. The molecule has 8 heteroatoms. The van der Waals surface area contributed by atoms with Crippen LogP contribution in [0.1, 0.15) is 43.3 Å². The van der Waals surface area contributed by atoms with Crippen LogP contribution in [-0.4, -0.2) is 22.6 Å². The molecule has 2 aromatic rings. The summed E-state index contributed by atoms with van der Waals surface area (Å²) in [5, 5.41) is 5.00. The van der Waals surface area contributed by atoms with Gasteiger partial charge in [0.05, 0.1) is 11.5 Å². The van der Waals surface area contributed by atoms with E-state index in [-0.39, 0.29) is 11.8 Å². The topological polar surface area (TPSA) is 85.2 Å². The number of rotatable bonds is 3. The molecule has 2 aliphatic rings. The molecule has 0 spiro atoms. The smallest absolute Gasteiger partial charge is 0.232 e. The molecule has 1 aromatic heterocycles. The van der Waals surface area contributed by atoms with E-state index in [4.69, 9.17) is 33.5 Å². The van der Waals surface area contributed by atoms with Crippen molar-refractivity contribution in [3.63, 3.8) is 0 Å². The zero-order valence-electron chi connectivity index (χ0n) is 12.8. The summed E-state index contributed by atoms with van der Waals surface area (Å²) in [6, 6.07) is 5.07. The minimum absolute atomic E-state index is 0.0239. The maximum atomic E-state index is 12.4. The molecule has 126 valence electrons. The largest absolute Gasteiger partial charge is 0.339 e. The molecule has 0 radical (unpaired) electrons. The monoisotopic (exact) mass is 366 g/mol. The molecule has 4 rings (SSSR count). The Hall–Kier alpha value is -1.63. The summed E-state index contributed by atoms with van der Waals surface area (Å²) in [5.74, 6) is 0.829. The molecule has 2 heterocycles. The number of hydrogen-bond donors (Lipinski definition) is 1. The van der Waals surface area contributed by atoms with Crippen molar-refractivity contribution in [3.8, 4) is 0 Å². The summed E-state index contributed by atoms with van der Waals surface area (Å²) in [4.78, 5) is 18.5. The molecular weight excluding hydrogens is 351 g/mol. The molecule has 6 nitrogen and oxygen atoms in total. The predicted molar refractivity (Wildman–Crippen MR) is 90.2 cm³/mol. The Morgan fingerprint density at radius 1 is 1.25 bits per heavy atom. The molecule has 1 saturated heterocycles. The number of amides is 1. The van der Waals surface area contributed by atoms with Gasteiger partial charge in [0, 0.05) is 28.7 Å². The Morgan fingerprint density at radius 3 is 2.58 bits per heavy atom. The van der Waals surface area contributed by atoms with E-state index in [1.54, 1.807) is 23.1 Å². The first-order valence-electron chi connectivity index (χ1n) is 7.84. The summed E-state index contributed by atoms with van der Waals surface area (Å²) in [6.07, 6.45) is 3.11. The van der Waals surface area contributed by atoms with Crippen LogP contribution >= 0.6 is 23.2 Å². The van der Waals surface area contributed by atoms with Crippen LogP contribution in [0.15, 0.2) is 22.7 Å². The van der Waals surface area contributed by atoms with Gasteiger partial charge in [-0.05, 0) is 37.5 Å². The fraction of sp³-hybridized carbons (Fsp3) is 0.438. The highest BCUT2D eigenvalue weighted by atomic mass is 35.5. The third kappa shape index (κ3) is 2.68. The van der Waals surface area contributed by atoms with Crippen LogP contribution in [0.2, 0.25) is 10.0 Å². The first-order chi connectivity index (χ1) is 11.4. The van der Waals surface area contributed by atoms with E-state index in [2.05, 4.69) is 10.1 Å². The number of halogens is 2. The van der Waals surface area contributed by atoms with Crippen molar-refractivity contribution in [2.45, 2.75) is 37.1 Å². The van der Waals surface area contributed by atoms with E-state index >= 15 is 0 Å². The Balaban J connectivity index is 1.56. The molecule has 1 aliphatic carbocycles. The van der Waals surface area contributed by atoms with Gasteiger partial charge >= 0.3 is 0 Å². The molecule has 1 amide bonds. The van der Waals surface area contributed by atoms with Crippen molar-refractivity contribution < 1.29 is 9.32 Å². The van der Waals surface area contributed by atoms with Gasteiger partial charge < -0.3 is 15.2 Å². The maximum absolute atomic E-state index is 12.4. The zero-order chi connectivity index (χ0) is 16.9. The first kappa shape index (κ1) is 15.9. The fourth-order valence-electron chi connectivity index (χ4n) is 3.20. The van der Waals surface area contributed by atoms with E-state index < -0.39 is 5.54 Å². The molecule has 1 unspecified atom stereocenters. The predicted octanol–water partition coefficient (Wildman–Crippen LogP) is 3.23. The maximum Gasteiger partial charge on any atom is 0.232 e. The van der Waals surface area contributed by atoms with Crippen molar-refractivity contribution in [1.82, 2.24) is 10.1 Å². The summed E-state index contributed by atoms with van der Waals surface area (Å²) < 4.78 is 5.38. The van der Waals surface area contributed by atoms with E-state index in [1.807, 2.05) is 0 Å². The SMILES string of the molecule is NC1(c2noc(C3CC(=O)N(c4cc(Cl)cc(Cl)c4)C3)n2)CCC1. The number of nitrogens with two attached hydrogens (primary N) is 1. The van der Waals surface area contributed by atoms with Crippen molar-refractivity contribution in [3.05, 3.63) is 40.0 Å². The Morgan fingerprint density at radius 2 is 1.96 bits per heavy atom. The number of hydrogen-bond acceptors (Lipinski definition) is 5. The molecule has 1 atom stereocenters. The number of aromatic nitrogens is 2. The van der Waals surface area contributed by atoms with Crippen molar-refractivity contribution in [2.24, 2.45) is 5.73 Å². The summed E-state index contributed by atoms with van der Waals surface area (Å²) in [7, 11) is 0. The highest BCUT2D eigenvalue weighted by Crippen LogP contribution is 2.39. The number of nitrogens with zero attached hydrogens (tertiary/aromatic N) is 3. The second kappa shape index (κ2) is 5.72. The Kier molecular flexibility index (Phi) is 3.78. The van der Waals surface area contributed by atoms with E-state index in [0.717, 1.165) is 19.3 Å². The van der Waals surface area contributed by atoms with Crippen LogP contribution in [0.3, 0.4) is 0 Å². The minimum Gasteiger partial charge on any atom is -0.339 e. The zero-order valence-corrected chi connectivity index (χ0v) is 14.3. The average Bonchev–Trinajstić information content (AvgIpc) is 3.10. The molecule has 1 aromatic carbocycles. The van der Waals surface area contributed by atoms with Gasteiger partial charge in [0.15, 0.2) is 5.82 Å². The van der Waals surface area contributed by atoms with Gasteiger partial charge in [-0.25, -0.2) is 0 Å². The van der Waals surface area contributed by atoms with Gasteiger partial charge in [-0.1, -0.05) is 28.4 Å². The van der Waals surface area contributed by atoms with Gasteiger partial charge in [0.2, 0.25) is 11.8 Å². The highest BCUT2D eigenvalue weighted by Gasteiger charge is 2.41. The van der Waals surface area contributed by atoms with Gasteiger partial charge in [-0.15, -0.1) is 0 Å². The minimum atomic E-state index is -0.468. The Labute approximate surface area is 148 Å². The van der Waals surface area contributed by atoms with Crippen LogP contribution in [-0.2, 0) is 10.3 Å². The van der Waals surface area contributed by atoms with E-state index in [0.29, 0.717) is 40.4 Å². The fourth-order valence-corrected chi connectivity index (χ4v) is 3.72. The number of anilines is 1. The summed E-state index contributed by atoms with van der Waals surface area (Å²) in [5.41, 5.74) is 6.43. The van der Waals surface area contributed by atoms with Gasteiger partial charge in [0.1, 0.15) is 0 Å². The van der Waals surface area contributed by atoms with E-state index in [9.17, 15) is 4.79 Å². The highest BCUT2D eigenvalue weighted by molar-refractivity contribution is 6.35. The lowest BCUT2D eigenvalue weighted by Crippen LogP contribution is -2.44. The molecular formula is C16H16Cl2N4O2. The second-order valence-corrected chi connectivity index (χ2v) is 7.37. The van der Waals surface area contributed by atoms with Gasteiger partial charge in [0.25, 0.3) is 0 Å². The van der Waals surface area contributed by atoms with Crippen molar-refractivity contribution in [1.29, 1.82) is 0 Å². The molecule has 2 fully saturated rings.